The summed E-state index contributed by atoms with van der Waals surface area (Å²) in [5, 5.41) is 1.63. The Balaban J connectivity index is 1.94. The van der Waals surface area contributed by atoms with Gasteiger partial charge in [0.1, 0.15) is 17.1 Å². The number of aromatic nitrogens is 1. The zero-order chi connectivity index (χ0) is 20.7. The zero-order valence-electron chi connectivity index (χ0n) is 16.7. The van der Waals surface area contributed by atoms with E-state index in [0.29, 0.717) is 22.6 Å². The van der Waals surface area contributed by atoms with E-state index in [4.69, 9.17) is 14.1 Å². The Bertz CT molecular complexity index is 1230. The molecular weight excluding hydrogens is 371 g/mol. The van der Waals surface area contributed by atoms with Crippen molar-refractivity contribution in [1.82, 2.24) is 4.98 Å². The summed E-state index contributed by atoms with van der Waals surface area (Å²) >= 11 is 0. The van der Waals surface area contributed by atoms with Crippen molar-refractivity contribution in [1.29, 1.82) is 0 Å². The van der Waals surface area contributed by atoms with Crippen LogP contribution in [0.3, 0.4) is 0 Å². The molecule has 2 aromatic heterocycles. The molecular formula is C23H21FN2O3. The van der Waals surface area contributed by atoms with Gasteiger partial charge in [0.2, 0.25) is 0 Å². The first-order chi connectivity index (χ1) is 13.9. The largest absolute Gasteiger partial charge is 0.465 e. The lowest BCUT2D eigenvalue weighted by Crippen LogP contribution is -2.26. The number of benzene rings is 2. The van der Waals surface area contributed by atoms with Gasteiger partial charge >= 0.3 is 5.97 Å². The maximum absolute atomic E-state index is 13.6. The first-order valence-corrected chi connectivity index (χ1v) is 9.33. The minimum atomic E-state index is -0.394. The second-order valence-electron chi connectivity index (χ2n) is 7.25. The van der Waals surface area contributed by atoms with E-state index in [1.807, 2.05) is 19.2 Å². The van der Waals surface area contributed by atoms with Crippen LogP contribution in [0.2, 0.25) is 0 Å². The fourth-order valence-electron chi connectivity index (χ4n) is 3.26. The van der Waals surface area contributed by atoms with Gasteiger partial charge in [0.15, 0.2) is 5.76 Å². The summed E-state index contributed by atoms with van der Waals surface area (Å²) in [6.45, 7) is 4.15. The first kappa shape index (κ1) is 18.9. The van der Waals surface area contributed by atoms with E-state index in [0.717, 1.165) is 22.0 Å². The number of fused-ring (bicyclic) bond motifs is 2. The second kappa shape index (κ2) is 7.20. The van der Waals surface area contributed by atoms with Gasteiger partial charge in [-0.15, -0.1) is 0 Å². The van der Waals surface area contributed by atoms with Crippen LogP contribution >= 0.6 is 0 Å². The molecule has 0 saturated carbocycles. The van der Waals surface area contributed by atoms with Crippen LogP contribution < -0.4 is 4.90 Å². The number of halogens is 1. The maximum atomic E-state index is 13.6. The molecule has 29 heavy (non-hydrogen) atoms. The number of ether oxygens (including phenoxy) is 1. The third-order valence-corrected chi connectivity index (χ3v) is 5.09. The number of nitrogens with zero attached hydrogens (tertiary/aromatic N) is 2. The Morgan fingerprint density at radius 3 is 2.62 bits per heavy atom. The van der Waals surface area contributed by atoms with E-state index in [1.54, 1.807) is 24.3 Å². The molecule has 0 spiro atoms. The van der Waals surface area contributed by atoms with E-state index < -0.39 is 5.97 Å². The molecule has 148 valence electrons. The summed E-state index contributed by atoms with van der Waals surface area (Å²) in [6.07, 6.45) is 0. The van der Waals surface area contributed by atoms with Crippen LogP contribution in [0.5, 0.6) is 0 Å². The molecule has 0 radical (unpaired) electrons. The number of methoxy groups -OCH3 is 1. The smallest absolute Gasteiger partial charge is 0.337 e. The zero-order valence-corrected chi connectivity index (χ0v) is 16.7. The Labute approximate surface area is 167 Å². The number of rotatable bonds is 4. The Kier molecular flexibility index (Phi) is 4.70. The van der Waals surface area contributed by atoms with Gasteiger partial charge in [-0.1, -0.05) is 0 Å². The molecule has 2 aromatic carbocycles. The highest BCUT2D eigenvalue weighted by molar-refractivity contribution is 5.97. The van der Waals surface area contributed by atoms with Crippen LogP contribution in [-0.2, 0) is 4.74 Å². The molecule has 0 amide bonds. The Morgan fingerprint density at radius 2 is 1.90 bits per heavy atom. The molecule has 0 atom stereocenters. The van der Waals surface area contributed by atoms with E-state index in [2.05, 4.69) is 18.7 Å². The minimum Gasteiger partial charge on any atom is -0.465 e. The number of carbonyl (C=O) groups excluding carboxylic acids is 1. The van der Waals surface area contributed by atoms with Gasteiger partial charge in [0, 0.05) is 29.9 Å². The van der Waals surface area contributed by atoms with E-state index >= 15 is 0 Å². The number of hydrogen-bond acceptors (Lipinski definition) is 5. The average molecular weight is 392 g/mol. The molecule has 2 heterocycles. The summed E-state index contributed by atoms with van der Waals surface area (Å²) in [7, 11) is 3.33. The molecule has 0 saturated heterocycles. The summed E-state index contributed by atoms with van der Waals surface area (Å²) in [6, 6.07) is 13.8. The highest BCUT2D eigenvalue weighted by atomic mass is 19.1. The molecule has 0 aliphatic carbocycles. The lowest BCUT2D eigenvalue weighted by atomic mass is 10.1. The molecule has 0 unspecified atom stereocenters. The standard InChI is InChI=1S/C23H21FN2O3/c1-13(2)26(3)19-10-16-9-15(23(27)28-4)6-8-18(16)25-22(19)21-11-14-5-7-17(24)12-20(14)29-21/h5-13H,1-4H3. The van der Waals surface area contributed by atoms with E-state index in [9.17, 15) is 9.18 Å². The van der Waals surface area contributed by atoms with E-state index in [-0.39, 0.29) is 11.9 Å². The Hall–Kier alpha value is -3.41. The van der Waals surface area contributed by atoms with Crippen molar-refractivity contribution in [2.75, 3.05) is 19.1 Å². The van der Waals surface area contributed by atoms with Gasteiger partial charge in [0.25, 0.3) is 0 Å². The van der Waals surface area contributed by atoms with Crippen molar-refractivity contribution in [3.8, 4) is 11.5 Å². The van der Waals surface area contributed by atoms with Crippen LogP contribution in [0, 0.1) is 5.82 Å². The number of hydrogen-bond donors (Lipinski definition) is 0. The number of carbonyl (C=O) groups is 1. The molecule has 4 rings (SSSR count). The third kappa shape index (κ3) is 3.42. The van der Waals surface area contributed by atoms with Gasteiger partial charge in [-0.05, 0) is 56.3 Å². The van der Waals surface area contributed by atoms with Gasteiger partial charge in [-0.2, -0.15) is 0 Å². The van der Waals surface area contributed by atoms with Crippen LogP contribution in [0.4, 0.5) is 10.1 Å². The lowest BCUT2D eigenvalue weighted by Gasteiger charge is -2.25. The first-order valence-electron chi connectivity index (χ1n) is 9.33. The minimum absolute atomic E-state index is 0.207. The monoisotopic (exact) mass is 392 g/mol. The third-order valence-electron chi connectivity index (χ3n) is 5.09. The summed E-state index contributed by atoms with van der Waals surface area (Å²) in [5.74, 6) is -0.180. The average Bonchev–Trinajstić information content (AvgIpc) is 3.14. The summed E-state index contributed by atoms with van der Waals surface area (Å²) < 4.78 is 24.3. The summed E-state index contributed by atoms with van der Waals surface area (Å²) in [4.78, 5) is 18.8. The number of esters is 1. The van der Waals surface area contributed by atoms with Crippen molar-refractivity contribution >= 4 is 33.5 Å². The van der Waals surface area contributed by atoms with Crippen molar-refractivity contribution in [3.63, 3.8) is 0 Å². The van der Waals surface area contributed by atoms with Crippen LogP contribution in [0.1, 0.15) is 24.2 Å². The van der Waals surface area contributed by atoms with Crippen molar-refractivity contribution in [3.05, 3.63) is 59.9 Å². The number of anilines is 1. The molecule has 0 fully saturated rings. The second-order valence-corrected chi connectivity index (χ2v) is 7.25. The predicted octanol–water partition coefficient (Wildman–Crippen LogP) is 5.42. The van der Waals surface area contributed by atoms with Crippen molar-refractivity contribution in [2.45, 2.75) is 19.9 Å². The van der Waals surface area contributed by atoms with Gasteiger partial charge in [-0.3, -0.25) is 0 Å². The molecule has 6 heteroatoms. The quantitative estimate of drug-likeness (QED) is 0.434. The Morgan fingerprint density at radius 1 is 1.10 bits per heavy atom. The fourth-order valence-corrected chi connectivity index (χ4v) is 3.26. The SMILES string of the molecule is COC(=O)c1ccc2nc(-c3cc4ccc(F)cc4o3)c(N(C)C(C)C)cc2c1. The fraction of sp³-hybridized carbons (Fsp3) is 0.217. The highest BCUT2D eigenvalue weighted by Gasteiger charge is 2.19. The predicted molar refractivity (Wildman–Crippen MR) is 112 cm³/mol. The molecule has 4 aromatic rings. The maximum Gasteiger partial charge on any atom is 0.337 e. The van der Waals surface area contributed by atoms with Gasteiger partial charge < -0.3 is 14.1 Å². The van der Waals surface area contributed by atoms with Crippen molar-refractivity contribution < 1.29 is 18.3 Å². The van der Waals surface area contributed by atoms with Gasteiger partial charge in [-0.25, -0.2) is 14.2 Å². The highest BCUT2D eigenvalue weighted by Crippen LogP contribution is 2.36. The number of furan rings is 1. The van der Waals surface area contributed by atoms with Crippen LogP contribution in [-0.4, -0.2) is 31.2 Å². The molecule has 0 bridgehead atoms. The van der Waals surface area contributed by atoms with E-state index in [1.165, 1.54) is 19.2 Å². The molecule has 0 aliphatic heterocycles. The normalized spacial score (nSPS) is 11.4. The summed E-state index contributed by atoms with van der Waals surface area (Å²) in [5.41, 5.74) is 3.18. The molecule has 0 aliphatic rings. The molecule has 0 N–H and O–H groups in total. The topological polar surface area (TPSA) is 55.6 Å². The van der Waals surface area contributed by atoms with Crippen molar-refractivity contribution in [2.24, 2.45) is 0 Å². The van der Waals surface area contributed by atoms with Crippen LogP contribution in [0.25, 0.3) is 33.3 Å². The molecule has 5 nitrogen and oxygen atoms in total. The van der Waals surface area contributed by atoms with Crippen LogP contribution in [0.15, 0.2) is 52.9 Å². The number of pyridine rings is 1. The lowest BCUT2D eigenvalue weighted by molar-refractivity contribution is 0.0601. The van der Waals surface area contributed by atoms with Gasteiger partial charge in [0.05, 0.1) is 23.9 Å².